The molecule has 0 aliphatic carbocycles. The number of carbonyl (C=O) groups excluding carboxylic acids is 1. The van der Waals surface area contributed by atoms with Crippen LogP contribution in [0, 0.1) is 11.8 Å². The molecule has 3 aliphatic heterocycles. The number of carboxylic acid groups (broad SMARTS) is 1. The predicted molar refractivity (Wildman–Crippen MR) is 246 cm³/mol. The Morgan fingerprint density at radius 3 is 1.85 bits per heavy atom. The van der Waals surface area contributed by atoms with Crippen molar-refractivity contribution in [2.45, 2.75) is 174 Å². The van der Waals surface area contributed by atoms with E-state index in [9.17, 15) is 65.8 Å². The van der Waals surface area contributed by atoms with Crippen LogP contribution in [0.4, 0.5) is 0 Å². The number of cyclic esters (lactones) is 1. The van der Waals surface area contributed by atoms with Crippen LogP contribution in [0.3, 0.4) is 0 Å². The van der Waals surface area contributed by atoms with Gasteiger partial charge in [-0.3, -0.25) is 9.59 Å². The Labute approximate surface area is 393 Å². The number of carboxylic acids is 1. The van der Waals surface area contributed by atoms with Gasteiger partial charge in [0.05, 0.1) is 83.5 Å². The molecule has 0 radical (unpaired) electrons. The molecule has 19 atom stereocenters. The van der Waals surface area contributed by atoms with Gasteiger partial charge in [-0.05, 0) is 33.1 Å². The molecule has 2 fully saturated rings. The molecular weight excluding hydrogens is 965 g/mol. The lowest BCUT2D eigenvalue weighted by Crippen LogP contribution is -2.61. The maximum atomic E-state index is 12.6. The third-order valence-corrected chi connectivity index (χ3v) is 12.8. The van der Waals surface area contributed by atoms with E-state index in [0.717, 1.165) is 0 Å². The molecule has 0 spiro atoms. The first-order valence-corrected chi connectivity index (χ1v) is 23.2. The lowest BCUT2D eigenvalue weighted by molar-refractivity contribution is -0.308. The van der Waals surface area contributed by atoms with Crippen molar-refractivity contribution < 1.29 is 84.7 Å². The molecule has 368 valence electrons. The zero-order valence-electron chi connectivity index (χ0n) is 37.0. The third kappa shape index (κ3) is 19.1. The predicted octanol–water partition coefficient (Wildman–Crippen LogP) is 0.879. The van der Waals surface area contributed by atoms with E-state index in [-0.39, 0.29) is 29.6 Å². The second-order valence-corrected chi connectivity index (χ2v) is 18.6. The Morgan fingerprint density at radius 2 is 1.26 bits per heavy atom. The number of fused-ring (bicyclic) bond motifs is 2. The van der Waals surface area contributed by atoms with Crippen molar-refractivity contribution in [1.29, 1.82) is 0 Å². The van der Waals surface area contributed by atoms with Gasteiger partial charge in [0, 0.05) is 31.6 Å². The number of rotatable bonds is 3. The number of ether oxygens (including phenoxy) is 4. The van der Waals surface area contributed by atoms with Gasteiger partial charge in [-0.25, -0.2) is 0 Å². The molecule has 2 bridgehead atoms. The number of hydrogen-bond donors (Lipinski definition) is 12. The smallest absolute Gasteiger partial charge is 0.311 e. The molecule has 3 heterocycles. The first kappa shape index (κ1) is 56.6. The molecule has 3 rings (SSSR count). The van der Waals surface area contributed by atoms with Gasteiger partial charge in [-0.1, -0.05) is 115 Å². The standard InChI is InChI=1S/C46H70INO17/c1-26-27(2)62-38(55)22-30(50)20-29(49)18-19-34(52)35(53)21-31(51)24-46(61)25-36(54)39(44(59)60)37(65-46)23-32(64-45-43(58)40(48)42(57)28(3)63-45)16-14-12-10-8-6-4-5-7-9-11-13-15-17-33(47)41(26)56/h4-17,26-37,39-43,45,49-54,56-58,61H,18-25,48H2,1-3H3,(H,59,60)/b5-4+,8-6+,9-7+,12-10+,13-11+,16-14+,17-15+/t26-,27-,28-,29+,30+,31-,32-,33-,34+,35+,36-,37-,39+,40+,41-,42-,43+,45?,46+/m0/s1. The normalized spacial score (nSPS) is 45.5. The van der Waals surface area contributed by atoms with Crippen molar-refractivity contribution in [3.8, 4) is 0 Å². The first-order chi connectivity index (χ1) is 30.6. The van der Waals surface area contributed by atoms with Gasteiger partial charge >= 0.3 is 11.9 Å². The van der Waals surface area contributed by atoms with E-state index in [0.29, 0.717) is 0 Å². The van der Waals surface area contributed by atoms with Crippen molar-refractivity contribution >= 4 is 34.5 Å². The fourth-order valence-electron chi connectivity index (χ4n) is 7.71. The van der Waals surface area contributed by atoms with Gasteiger partial charge < -0.3 is 80.9 Å². The lowest BCUT2D eigenvalue weighted by atomic mass is 9.82. The molecule has 18 nitrogen and oxygen atoms in total. The molecule has 13 N–H and O–H groups in total. The third-order valence-electron chi connectivity index (χ3n) is 11.7. The average molecular weight is 1040 g/mol. The van der Waals surface area contributed by atoms with Gasteiger partial charge in [0.2, 0.25) is 0 Å². The molecule has 19 heteroatoms. The lowest BCUT2D eigenvalue weighted by Gasteiger charge is -2.45. The maximum Gasteiger partial charge on any atom is 0.311 e. The number of halogens is 1. The Bertz CT molecular complexity index is 1670. The fourth-order valence-corrected chi connectivity index (χ4v) is 8.61. The highest BCUT2D eigenvalue weighted by Crippen LogP contribution is 2.38. The number of carbonyl (C=O) groups is 2. The van der Waals surface area contributed by atoms with Crippen LogP contribution in [-0.4, -0.2) is 170 Å². The van der Waals surface area contributed by atoms with E-state index in [1.165, 1.54) is 13.0 Å². The van der Waals surface area contributed by atoms with E-state index >= 15 is 0 Å². The molecule has 0 amide bonds. The SMILES string of the molecule is C[C@@H]1[C@H](O)[C@@H](I)/C=C/C=C/C=C/C=C/C=C/C=C/C=C/[C@H](OC2O[C@@H](C)[C@H](O)[C@@H](N)[C@H]2O)C[C@@H]2O[C@](O)(C[C@@H](O)C[C@@H](O)[C@H](O)CC[C@@H](O)C[C@@H](O)CC(=O)O[C@H]1C)C[C@H](O)[C@H]2C(=O)O. The van der Waals surface area contributed by atoms with Crippen molar-refractivity contribution in [3.63, 3.8) is 0 Å². The van der Waals surface area contributed by atoms with E-state index in [1.807, 2.05) is 0 Å². The summed E-state index contributed by atoms with van der Waals surface area (Å²) in [7, 11) is 0. The summed E-state index contributed by atoms with van der Waals surface area (Å²) in [5.74, 6) is -6.56. The summed E-state index contributed by atoms with van der Waals surface area (Å²) >= 11 is 2.09. The summed E-state index contributed by atoms with van der Waals surface area (Å²) in [5.41, 5.74) is 6.02. The van der Waals surface area contributed by atoms with Crippen LogP contribution < -0.4 is 5.73 Å². The number of allylic oxidation sites excluding steroid dienone is 12. The Morgan fingerprint density at radius 1 is 0.692 bits per heavy atom. The maximum absolute atomic E-state index is 12.6. The first-order valence-electron chi connectivity index (χ1n) is 22.0. The summed E-state index contributed by atoms with van der Waals surface area (Å²) in [5, 5.41) is 118. The number of hydrogen-bond acceptors (Lipinski definition) is 17. The molecule has 0 aromatic heterocycles. The molecule has 2 saturated heterocycles. The molecule has 0 aromatic rings. The van der Waals surface area contributed by atoms with Crippen LogP contribution in [0.2, 0.25) is 0 Å². The highest BCUT2D eigenvalue weighted by Gasteiger charge is 2.51. The van der Waals surface area contributed by atoms with Crippen molar-refractivity contribution in [3.05, 3.63) is 85.1 Å². The minimum atomic E-state index is -2.33. The van der Waals surface area contributed by atoms with E-state index in [4.69, 9.17) is 24.7 Å². The largest absolute Gasteiger partial charge is 0.481 e. The van der Waals surface area contributed by atoms with Gasteiger partial charge in [0.15, 0.2) is 12.1 Å². The van der Waals surface area contributed by atoms with Crippen LogP contribution in [0.15, 0.2) is 85.1 Å². The quantitative estimate of drug-likeness (QED) is 0.106. The Hall–Kier alpha value is -2.71. The summed E-state index contributed by atoms with van der Waals surface area (Å²) in [6.45, 7) is 4.90. The van der Waals surface area contributed by atoms with Crippen molar-refractivity contribution in [2.24, 2.45) is 17.6 Å². The molecule has 1 unspecified atom stereocenters. The number of aliphatic hydroxyl groups excluding tert-OH is 9. The van der Waals surface area contributed by atoms with Crippen molar-refractivity contribution in [2.75, 3.05) is 0 Å². The topological polar surface area (TPSA) is 320 Å². The fraction of sp³-hybridized carbons (Fsp3) is 0.652. The highest BCUT2D eigenvalue weighted by molar-refractivity contribution is 14.1. The van der Waals surface area contributed by atoms with E-state index < -0.39 is 147 Å². The Kier molecular flexibility index (Phi) is 24.3. The summed E-state index contributed by atoms with van der Waals surface area (Å²) < 4.78 is 22.8. The second-order valence-electron chi connectivity index (χ2n) is 17.2. The highest BCUT2D eigenvalue weighted by atomic mass is 127. The molecule has 0 saturated carbocycles. The number of aliphatic hydroxyl groups is 10. The average Bonchev–Trinajstić information content (AvgIpc) is 3.21. The van der Waals surface area contributed by atoms with Crippen LogP contribution in [-0.2, 0) is 28.5 Å². The molecule has 0 aromatic carbocycles. The minimum Gasteiger partial charge on any atom is -0.481 e. The van der Waals surface area contributed by atoms with Gasteiger partial charge in [0.25, 0.3) is 0 Å². The van der Waals surface area contributed by atoms with Crippen molar-refractivity contribution in [1.82, 2.24) is 0 Å². The number of aliphatic carboxylic acids is 1. The van der Waals surface area contributed by atoms with E-state index in [2.05, 4.69) is 22.6 Å². The minimum absolute atomic E-state index is 0.108. The summed E-state index contributed by atoms with van der Waals surface area (Å²) in [6, 6.07) is -1.15. The van der Waals surface area contributed by atoms with Crippen LogP contribution in [0.5, 0.6) is 0 Å². The summed E-state index contributed by atoms with van der Waals surface area (Å²) in [4.78, 5) is 25.1. The zero-order chi connectivity index (χ0) is 48.4. The second kappa shape index (κ2) is 27.9. The monoisotopic (exact) mass is 1040 g/mol. The summed E-state index contributed by atoms with van der Waals surface area (Å²) in [6.07, 6.45) is 3.39. The molecular formula is C46H70INO17. The molecule has 65 heavy (non-hydrogen) atoms. The van der Waals surface area contributed by atoms with Crippen LogP contribution >= 0.6 is 22.6 Å². The Balaban J connectivity index is 1.86. The number of esters is 1. The number of nitrogens with two attached hydrogens (primary N) is 1. The van der Waals surface area contributed by atoms with Gasteiger partial charge in [-0.15, -0.1) is 0 Å². The van der Waals surface area contributed by atoms with Crippen LogP contribution in [0.25, 0.3) is 0 Å². The zero-order valence-corrected chi connectivity index (χ0v) is 39.1. The van der Waals surface area contributed by atoms with Gasteiger partial charge in [0.1, 0.15) is 18.1 Å². The van der Waals surface area contributed by atoms with Crippen LogP contribution in [0.1, 0.15) is 72.1 Å². The number of alkyl halides is 1. The van der Waals surface area contributed by atoms with Gasteiger partial charge in [-0.2, -0.15) is 0 Å². The molecule has 3 aliphatic rings. The van der Waals surface area contributed by atoms with E-state index in [1.54, 1.807) is 92.8 Å².